The van der Waals surface area contributed by atoms with E-state index < -0.39 is 0 Å². The van der Waals surface area contributed by atoms with Crippen molar-refractivity contribution in [1.82, 2.24) is 0 Å². The van der Waals surface area contributed by atoms with E-state index in [9.17, 15) is 0 Å². The van der Waals surface area contributed by atoms with E-state index in [1.54, 1.807) is 0 Å². The molecule has 4 heteroatoms. The Kier molecular flexibility index (Phi) is 9.12. The summed E-state index contributed by atoms with van der Waals surface area (Å²) in [4.78, 5) is 4.62. The second kappa shape index (κ2) is 15.7. The molecular weight excluding hydrogens is 781 g/mol. The van der Waals surface area contributed by atoms with Crippen LogP contribution in [0.4, 0.5) is 34.1 Å². The number of furan rings is 2. The Morgan fingerprint density at radius 2 is 0.594 bits per heavy atom. The van der Waals surface area contributed by atoms with Gasteiger partial charge in [-0.3, -0.25) is 0 Å². The summed E-state index contributed by atoms with van der Waals surface area (Å²) >= 11 is 0. The van der Waals surface area contributed by atoms with Crippen molar-refractivity contribution in [3.8, 4) is 33.4 Å². The van der Waals surface area contributed by atoms with Gasteiger partial charge in [-0.25, -0.2) is 0 Å². The van der Waals surface area contributed by atoms with Gasteiger partial charge in [0.15, 0.2) is 0 Å². The fourth-order valence-corrected chi connectivity index (χ4v) is 9.10. The predicted molar refractivity (Wildman–Crippen MR) is 267 cm³/mol. The van der Waals surface area contributed by atoms with Crippen LogP contribution in [0, 0.1) is 0 Å². The first kappa shape index (κ1) is 37.2. The van der Waals surface area contributed by atoms with Gasteiger partial charge in [0.1, 0.15) is 22.3 Å². The first-order valence-electron chi connectivity index (χ1n) is 21.6. The summed E-state index contributed by atoms with van der Waals surface area (Å²) in [6.45, 7) is 0. The van der Waals surface area contributed by atoms with Gasteiger partial charge in [-0.1, -0.05) is 133 Å². The summed E-state index contributed by atoms with van der Waals surface area (Å²) in [5, 5.41) is 4.40. The molecule has 0 unspecified atom stereocenters. The predicted octanol–water partition coefficient (Wildman–Crippen LogP) is 17.4. The first-order valence-corrected chi connectivity index (χ1v) is 21.6. The fraction of sp³-hybridized carbons (Fsp3) is 0. The van der Waals surface area contributed by atoms with E-state index in [2.05, 4.69) is 240 Å². The largest absolute Gasteiger partial charge is 0.456 e. The molecule has 0 bridgehead atoms. The zero-order valence-electron chi connectivity index (χ0n) is 34.8. The second-order valence-corrected chi connectivity index (χ2v) is 16.2. The molecule has 0 aliphatic carbocycles. The molecule has 0 saturated heterocycles. The van der Waals surface area contributed by atoms with Crippen LogP contribution in [0.15, 0.2) is 251 Å². The van der Waals surface area contributed by atoms with E-state index in [1.807, 2.05) is 12.1 Å². The Bertz CT molecular complexity index is 3590. The lowest BCUT2D eigenvalue weighted by atomic mass is 10.0. The SMILES string of the molecule is c1ccc(-c2ccc(N(c3ccccc3)c3cccc(-c4ccc5c(c4)oc4ccc(N(c6ccccc6)c6ccc(-c7ccc8oc9ccccc9c8c7)cc6)cc45)c3)cc2)cc1. The summed E-state index contributed by atoms with van der Waals surface area (Å²) in [6.07, 6.45) is 0. The van der Waals surface area contributed by atoms with E-state index in [4.69, 9.17) is 8.83 Å². The maximum absolute atomic E-state index is 6.61. The Labute approximate surface area is 371 Å². The standard InChI is InChI=1S/C60H40N2O2/c1-4-13-41(14-5-1)42-23-29-49(30-24-42)61(47-16-6-2-7-17-47)51-20-12-15-44(37-51)46-27-34-54-56-40-52(33-36-59(56)64-60(54)39-46)62(48-18-8-3-9-19-48)50-31-25-43(26-32-50)45-28-35-58-55(38-45)53-21-10-11-22-57(53)63-58/h1-40H. The number of anilines is 6. The molecular formula is C60H40N2O2. The Morgan fingerprint density at radius 3 is 1.28 bits per heavy atom. The van der Waals surface area contributed by atoms with Gasteiger partial charge in [0.05, 0.1) is 0 Å². The molecule has 0 atom stereocenters. The Balaban J connectivity index is 0.878. The van der Waals surface area contributed by atoms with Gasteiger partial charge in [0, 0.05) is 55.7 Å². The number of hydrogen-bond donors (Lipinski definition) is 0. The molecule has 64 heavy (non-hydrogen) atoms. The lowest BCUT2D eigenvalue weighted by molar-refractivity contribution is 0.668. The minimum atomic E-state index is 0.851. The molecule has 0 aliphatic rings. The highest BCUT2D eigenvalue weighted by Gasteiger charge is 2.18. The molecule has 2 heterocycles. The zero-order valence-corrected chi connectivity index (χ0v) is 34.8. The molecule has 0 aliphatic heterocycles. The molecule has 0 radical (unpaired) electrons. The minimum absolute atomic E-state index is 0.851. The molecule has 4 nitrogen and oxygen atoms in total. The average molecular weight is 821 g/mol. The highest BCUT2D eigenvalue weighted by molar-refractivity contribution is 6.08. The molecule has 0 saturated carbocycles. The molecule has 12 rings (SSSR count). The van der Waals surface area contributed by atoms with Crippen LogP contribution < -0.4 is 9.80 Å². The van der Waals surface area contributed by atoms with Crippen LogP contribution >= 0.6 is 0 Å². The van der Waals surface area contributed by atoms with E-state index >= 15 is 0 Å². The van der Waals surface area contributed by atoms with Crippen LogP contribution in [-0.4, -0.2) is 0 Å². The molecule has 0 amide bonds. The fourth-order valence-electron chi connectivity index (χ4n) is 9.10. The third kappa shape index (κ3) is 6.75. The monoisotopic (exact) mass is 820 g/mol. The van der Waals surface area contributed by atoms with Crippen LogP contribution in [-0.2, 0) is 0 Å². The summed E-state index contributed by atoms with van der Waals surface area (Å²) < 4.78 is 12.7. The lowest BCUT2D eigenvalue weighted by Crippen LogP contribution is -2.09. The van der Waals surface area contributed by atoms with Gasteiger partial charge in [0.25, 0.3) is 0 Å². The van der Waals surface area contributed by atoms with Gasteiger partial charge >= 0.3 is 0 Å². The number of benzene rings is 10. The smallest absolute Gasteiger partial charge is 0.136 e. The first-order chi connectivity index (χ1) is 31.7. The van der Waals surface area contributed by atoms with Crippen molar-refractivity contribution in [2.75, 3.05) is 9.80 Å². The summed E-state index contributed by atoms with van der Waals surface area (Å²) in [5.41, 5.74) is 16.8. The third-order valence-corrected chi connectivity index (χ3v) is 12.2. The van der Waals surface area contributed by atoms with Gasteiger partial charge < -0.3 is 18.6 Å². The van der Waals surface area contributed by atoms with Crippen molar-refractivity contribution in [2.45, 2.75) is 0 Å². The van der Waals surface area contributed by atoms with Crippen LogP contribution in [0.2, 0.25) is 0 Å². The maximum atomic E-state index is 6.61. The van der Waals surface area contributed by atoms with E-state index in [0.29, 0.717) is 0 Å². The molecule has 0 fully saturated rings. The number of hydrogen-bond acceptors (Lipinski definition) is 4. The molecule has 2 aromatic heterocycles. The summed E-state index contributed by atoms with van der Waals surface area (Å²) in [7, 11) is 0. The Morgan fingerprint density at radius 1 is 0.203 bits per heavy atom. The molecule has 302 valence electrons. The van der Waals surface area contributed by atoms with E-state index in [1.165, 1.54) is 11.1 Å². The quantitative estimate of drug-likeness (QED) is 0.145. The second-order valence-electron chi connectivity index (χ2n) is 16.2. The van der Waals surface area contributed by atoms with Crippen molar-refractivity contribution in [3.05, 3.63) is 243 Å². The van der Waals surface area contributed by atoms with E-state index in [-0.39, 0.29) is 0 Å². The van der Waals surface area contributed by atoms with Gasteiger partial charge in [0.2, 0.25) is 0 Å². The lowest BCUT2D eigenvalue weighted by Gasteiger charge is -2.26. The third-order valence-electron chi connectivity index (χ3n) is 12.2. The van der Waals surface area contributed by atoms with Crippen molar-refractivity contribution in [2.24, 2.45) is 0 Å². The number of fused-ring (bicyclic) bond motifs is 6. The molecule has 0 N–H and O–H groups in total. The summed E-state index contributed by atoms with van der Waals surface area (Å²) in [6, 6.07) is 85.7. The number of para-hydroxylation sites is 3. The van der Waals surface area contributed by atoms with Crippen molar-refractivity contribution < 1.29 is 8.83 Å². The van der Waals surface area contributed by atoms with E-state index in [0.717, 1.165) is 100 Å². The van der Waals surface area contributed by atoms with Crippen molar-refractivity contribution in [1.29, 1.82) is 0 Å². The molecule has 12 aromatic rings. The van der Waals surface area contributed by atoms with Gasteiger partial charge in [-0.05, 0) is 143 Å². The van der Waals surface area contributed by atoms with Gasteiger partial charge in [-0.15, -0.1) is 0 Å². The van der Waals surface area contributed by atoms with Crippen LogP contribution in [0.5, 0.6) is 0 Å². The molecule has 0 spiro atoms. The van der Waals surface area contributed by atoms with Crippen LogP contribution in [0.25, 0.3) is 77.3 Å². The van der Waals surface area contributed by atoms with Crippen LogP contribution in [0.3, 0.4) is 0 Å². The zero-order chi connectivity index (χ0) is 42.4. The minimum Gasteiger partial charge on any atom is -0.456 e. The highest BCUT2D eigenvalue weighted by Crippen LogP contribution is 2.42. The highest BCUT2D eigenvalue weighted by atomic mass is 16.3. The molecule has 10 aromatic carbocycles. The Hall–Kier alpha value is -8.60. The maximum Gasteiger partial charge on any atom is 0.136 e. The number of rotatable bonds is 9. The van der Waals surface area contributed by atoms with Crippen molar-refractivity contribution >= 4 is 78.0 Å². The van der Waals surface area contributed by atoms with Gasteiger partial charge in [-0.2, -0.15) is 0 Å². The topological polar surface area (TPSA) is 32.8 Å². The number of nitrogens with zero attached hydrogens (tertiary/aromatic N) is 2. The summed E-state index contributed by atoms with van der Waals surface area (Å²) in [5.74, 6) is 0. The average Bonchev–Trinajstić information content (AvgIpc) is 3.93. The normalized spacial score (nSPS) is 11.4. The van der Waals surface area contributed by atoms with Crippen molar-refractivity contribution in [3.63, 3.8) is 0 Å². The van der Waals surface area contributed by atoms with Crippen LogP contribution in [0.1, 0.15) is 0 Å².